The number of carbonyl (C=O) groups excluding carboxylic acids is 2. The van der Waals surface area contributed by atoms with Crippen molar-refractivity contribution in [1.82, 2.24) is 19.5 Å². The van der Waals surface area contributed by atoms with E-state index in [1.165, 1.54) is 12.7 Å². The molecule has 1 aliphatic carbocycles. The van der Waals surface area contributed by atoms with Crippen LogP contribution in [0.15, 0.2) is 24.8 Å². The fourth-order valence-electron chi connectivity index (χ4n) is 4.75. The number of amides is 2. The second-order valence-electron chi connectivity index (χ2n) is 17.9. The van der Waals surface area contributed by atoms with E-state index in [-0.39, 0.29) is 40.1 Å². The third-order valence-corrected chi connectivity index (χ3v) is 18.6. The Hall–Kier alpha value is -2.69. The lowest BCUT2D eigenvalue weighted by atomic mass is 9.99. The average molecular weight is 708 g/mol. The van der Waals surface area contributed by atoms with E-state index in [4.69, 9.17) is 18.3 Å². The van der Waals surface area contributed by atoms with Crippen LogP contribution in [0.5, 0.6) is 0 Å². The summed E-state index contributed by atoms with van der Waals surface area (Å²) >= 11 is 0. The summed E-state index contributed by atoms with van der Waals surface area (Å²) in [6.07, 6.45) is 0.192. The predicted octanol–water partition coefficient (Wildman–Crippen LogP) is 9.12. The number of imide groups is 1. The highest BCUT2D eigenvalue weighted by Crippen LogP contribution is 2.51. The van der Waals surface area contributed by atoms with Gasteiger partial charge in [-0.3, -0.25) is 0 Å². The molecule has 48 heavy (non-hydrogen) atoms. The number of nitrogens with zero attached hydrogens (tertiary/aromatic N) is 5. The number of rotatable bonds is 7. The second kappa shape index (κ2) is 12.9. The van der Waals surface area contributed by atoms with E-state index in [9.17, 15) is 9.59 Å². The van der Waals surface area contributed by atoms with Gasteiger partial charge in [-0.1, -0.05) is 48.1 Å². The molecule has 1 fully saturated rings. The van der Waals surface area contributed by atoms with E-state index in [0.717, 1.165) is 4.90 Å². The molecule has 2 heterocycles. The van der Waals surface area contributed by atoms with Crippen LogP contribution in [0.25, 0.3) is 11.2 Å². The smallest absolute Gasteiger partial charge is 0.425 e. The highest BCUT2D eigenvalue weighted by atomic mass is 28.4. The summed E-state index contributed by atoms with van der Waals surface area (Å²) in [4.78, 5) is 40.9. The molecule has 3 atom stereocenters. The van der Waals surface area contributed by atoms with Gasteiger partial charge in [-0.15, -0.1) is 0 Å². The molecule has 0 N–H and O–H groups in total. The number of anilines is 1. The van der Waals surface area contributed by atoms with Crippen LogP contribution in [0.2, 0.25) is 36.3 Å². The number of imidazole rings is 1. The van der Waals surface area contributed by atoms with E-state index >= 15 is 4.39 Å². The molecule has 11 nitrogen and oxygen atoms in total. The Morgan fingerprint density at radius 3 is 1.85 bits per heavy atom. The maximum atomic E-state index is 17.7. The molecule has 0 spiro atoms. The number of alkyl halides is 1. The monoisotopic (exact) mass is 707 g/mol. The Labute approximate surface area is 288 Å². The van der Waals surface area contributed by atoms with Crippen LogP contribution in [0.1, 0.15) is 95.5 Å². The molecule has 0 unspecified atom stereocenters. The molecule has 1 aliphatic rings. The first-order valence-corrected chi connectivity index (χ1v) is 22.4. The molecule has 0 saturated heterocycles. The first-order valence-electron chi connectivity index (χ1n) is 16.6. The van der Waals surface area contributed by atoms with Crippen LogP contribution in [0, 0.1) is 0 Å². The molecule has 0 aliphatic heterocycles. The number of fused-ring (bicyclic) bond motifs is 1. The average Bonchev–Trinajstić information content (AvgIpc) is 3.39. The molecule has 270 valence electrons. The Balaban J connectivity index is 2.14. The van der Waals surface area contributed by atoms with Crippen molar-refractivity contribution in [1.29, 1.82) is 0 Å². The van der Waals surface area contributed by atoms with Crippen LogP contribution in [0.4, 0.5) is 19.8 Å². The van der Waals surface area contributed by atoms with Gasteiger partial charge in [-0.25, -0.2) is 28.9 Å². The van der Waals surface area contributed by atoms with Gasteiger partial charge < -0.3 is 22.9 Å². The van der Waals surface area contributed by atoms with E-state index in [1.807, 2.05) is 0 Å². The van der Waals surface area contributed by atoms with Crippen molar-refractivity contribution in [2.24, 2.45) is 0 Å². The quantitative estimate of drug-likeness (QED) is 0.205. The van der Waals surface area contributed by atoms with E-state index in [1.54, 1.807) is 46.1 Å². The van der Waals surface area contributed by atoms with Crippen molar-refractivity contribution in [3.05, 3.63) is 24.8 Å². The minimum absolute atomic E-state index is 0.118. The van der Waals surface area contributed by atoms with Gasteiger partial charge in [0.25, 0.3) is 0 Å². The zero-order valence-corrected chi connectivity index (χ0v) is 34.0. The Bertz CT molecular complexity index is 1510. The lowest BCUT2D eigenvalue weighted by Gasteiger charge is -2.43. The Morgan fingerprint density at radius 2 is 1.40 bits per heavy atom. The minimum atomic E-state index is -2.44. The molecule has 2 amide bonds. The molecule has 0 aromatic carbocycles. The van der Waals surface area contributed by atoms with Crippen molar-refractivity contribution in [3.8, 4) is 0 Å². The topological polar surface area (TPSA) is 118 Å². The molecule has 14 heteroatoms. The predicted molar refractivity (Wildman–Crippen MR) is 192 cm³/mol. The lowest BCUT2D eigenvalue weighted by Crippen LogP contribution is -2.52. The van der Waals surface area contributed by atoms with Gasteiger partial charge in [0.15, 0.2) is 39.3 Å². The lowest BCUT2D eigenvalue weighted by molar-refractivity contribution is 0.00840. The van der Waals surface area contributed by atoms with E-state index in [2.05, 4.69) is 89.3 Å². The maximum Gasteiger partial charge on any atom is 0.425 e. The largest absolute Gasteiger partial charge is 0.443 e. The first-order chi connectivity index (χ1) is 21.4. The minimum Gasteiger partial charge on any atom is -0.443 e. The van der Waals surface area contributed by atoms with Gasteiger partial charge in [0, 0.05) is 6.42 Å². The van der Waals surface area contributed by atoms with E-state index < -0.39 is 57.8 Å². The molecule has 2 aromatic rings. The molecule has 0 radical (unpaired) electrons. The summed E-state index contributed by atoms with van der Waals surface area (Å²) in [7, 11) is -4.78. The van der Waals surface area contributed by atoms with Gasteiger partial charge in [0.2, 0.25) is 0 Å². The zero-order chi connectivity index (χ0) is 37.1. The van der Waals surface area contributed by atoms with Gasteiger partial charge in [-0.2, -0.15) is 4.90 Å². The molecule has 0 bridgehead atoms. The highest BCUT2D eigenvalue weighted by molar-refractivity contribution is 6.74. The SMILES string of the molecule is C=C1[C@@H](n2cnc3c(N(C(=O)OC(C)(C)C)C(=O)OC(C)(C)C)ncnc32)C[C@H](O[Si](C)(C)C(C)(C)C)[C@@]1(F)CO[Si](C)(C)C(C)(C)C. The third-order valence-electron chi connectivity index (χ3n) is 9.62. The summed E-state index contributed by atoms with van der Waals surface area (Å²) in [5.74, 6) is -0.118. The fourth-order valence-corrected chi connectivity index (χ4v) is 7.10. The number of carbonyl (C=O) groups is 2. The maximum absolute atomic E-state index is 17.7. The highest BCUT2D eigenvalue weighted by Gasteiger charge is 2.57. The van der Waals surface area contributed by atoms with Crippen molar-refractivity contribution in [2.45, 2.75) is 155 Å². The van der Waals surface area contributed by atoms with Gasteiger partial charge in [0.1, 0.15) is 17.5 Å². The molecular weight excluding hydrogens is 650 g/mol. The zero-order valence-electron chi connectivity index (χ0n) is 32.0. The van der Waals surface area contributed by atoms with Gasteiger partial charge in [-0.05, 0) is 83.4 Å². The van der Waals surface area contributed by atoms with Crippen LogP contribution >= 0.6 is 0 Å². The van der Waals surface area contributed by atoms with Crippen LogP contribution < -0.4 is 4.90 Å². The molecule has 2 aromatic heterocycles. The number of hydrogen-bond donors (Lipinski definition) is 0. The number of hydrogen-bond acceptors (Lipinski definition) is 9. The Kier molecular flexibility index (Phi) is 10.7. The number of ether oxygens (including phenoxy) is 2. The first kappa shape index (κ1) is 39.7. The van der Waals surface area contributed by atoms with Crippen molar-refractivity contribution in [2.75, 3.05) is 11.5 Å². The summed E-state index contributed by atoms with van der Waals surface area (Å²) in [5, 5.41) is -0.287. The summed E-state index contributed by atoms with van der Waals surface area (Å²) in [5.41, 5.74) is -3.12. The van der Waals surface area contributed by atoms with Crippen LogP contribution in [-0.2, 0) is 18.3 Å². The van der Waals surface area contributed by atoms with Gasteiger partial charge in [0.05, 0.1) is 25.1 Å². The van der Waals surface area contributed by atoms with Crippen molar-refractivity contribution < 1.29 is 32.3 Å². The van der Waals surface area contributed by atoms with Crippen molar-refractivity contribution >= 4 is 45.8 Å². The standard InChI is InChI=1S/C34H58FN5O6Si2/c1-22-23(18-24(46-48(16,17)33(11,12)13)34(22,35)19-43-47(14,15)32(8,9)10)39-21-38-25-26(39)36-20-37-27(25)40(28(41)44-30(2,3)4)29(42)45-31(5,6)7/h20-21,23-24H,1,18-19H2,2-17H3/t23-,24-,34+/m0/s1. The van der Waals surface area contributed by atoms with Crippen molar-refractivity contribution in [3.63, 3.8) is 0 Å². The number of aromatic nitrogens is 4. The summed E-state index contributed by atoms with van der Waals surface area (Å²) < 4.78 is 43.8. The molecule has 3 rings (SSSR count). The summed E-state index contributed by atoms with van der Waals surface area (Å²) in [6, 6.07) is -0.614. The Morgan fingerprint density at radius 1 is 0.896 bits per heavy atom. The molecule has 1 saturated carbocycles. The summed E-state index contributed by atoms with van der Waals surface area (Å²) in [6.45, 7) is 35.4. The molecular formula is C34H58FN5O6Si2. The normalized spacial score (nSPS) is 21.5. The van der Waals surface area contributed by atoms with Crippen LogP contribution in [-0.4, -0.2) is 77.9 Å². The van der Waals surface area contributed by atoms with E-state index in [0.29, 0.717) is 5.57 Å². The second-order valence-corrected chi connectivity index (χ2v) is 27.4. The van der Waals surface area contributed by atoms with Gasteiger partial charge >= 0.3 is 12.2 Å². The van der Waals surface area contributed by atoms with Crippen LogP contribution in [0.3, 0.4) is 0 Å². The number of halogens is 1. The third kappa shape index (κ3) is 8.36. The fraction of sp³-hybridized carbons (Fsp3) is 0.735.